The zero-order valence-electron chi connectivity index (χ0n) is 15.0. The fourth-order valence-corrected chi connectivity index (χ4v) is 4.65. The Labute approximate surface area is 162 Å². The Hall–Kier alpha value is -2.50. The maximum Gasteiger partial charge on any atom is 0.251 e. The highest BCUT2D eigenvalue weighted by molar-refractivity contribution is 7.10. The molecule has 1 aliphatic rings. The van der Waals surface area contributed by atoms with E-state index < -0.39 is 5.82 Å². The second kappa shape index (κ2) is 8.03. The van der Waals surface area contributed by atoms with E-state index in [4.69, 9.17) is 0 Å². The molecule has 138 valence electrons. The Balaban J connectivity index is 1.50. The van der Waals surface area contributed by atoms with Gasteiger partial charge in [-0.05, 0) is 35.2 Å². The zero-order chi connectivity index (χ0) is 18.6. The third kappa shape index (κ3) is 4.10. The maximum atomic E-state index is 13.4. The molecule has 2 N–H and O–H groups in total. The smallest absolute Gasteiger partial charge is 0.251 e. The lowest BCUT2D eigenvalue weighted by Gasteiger charge is -2.32. The summed E-state index contributed by atoms with van der Waals surface area (Å²) in [5.41, 5.74) is 3.17. The molecule has 1 unspecified atom stereocenters. The molecule has 5 heteroatoms. The topological polar surface area (TPSA) is 33.5 Å². The summed E-state index contributed by atoms with van der Waals surface area (Å²) in [4.78, 5) is 15.2. The molecule has 0 saturated heterocycles. The van der Waals surface area contributed by atoms with E-state index in [2.05, 4.69) is 47.1 Å². The molecule has 2 heterocycles. The molecule has 0 aliphatic carbocycles. The van der Waals surface area contributed by atoms with Crippen molar-refractivity contribution in [1.29, 1.82) is 0 Å². The van der Waals surface area contributed by atoms with Gasteiger partial charge >= 0.3 is 0 Å². The van der Waals surface area contributed by atoms with Gasteiger partial charge < -0.3 is 10.2 Å². The van der Waals surface area contributed by atoms with Gasteiger partial charge in [-0.2, -0.15) is 0 Å². The van der Waals surface area contributed by atoms with Crippen molar-refractivity contribution in [1.82, 2.24) is 5.32 Å². The molecule has 2 aromatic carbocycles. The monoisotopic (exact) mass is 381 g/mol. The molecule has 0 saturated carbocycles. The Kier molecular flexibility index (Phi) is 5.32. The molecular weight excluding hydrogens is 359 g/mol. The predicted octanol–water partition coefficient (Wildman–Crippen LogP) is 3.00. The molecule has 0 radical (unpaired) electrons. The van der Waals surface area contributed by atoms with Gasteiger partial charge in [0.1, 0.15) is 18.4 Å². The third-order valence-electron chi connectivity index (χ3n) is 5.18. The van der Waals surface area contributed by atoms with Crippen LogP contribution in [-0.4, -0.2) is 19.0 Å². The van der Waals surface area contributed by atoms with Gasteiger partial charge in [0.25, 0.3) is 5.91 Å². The van der Waals surface area contributed by atoms with Crippen LogP contribution in [0.2, 0.25) is 0 Å². The summed E-state index contributed by atoms with van der Waals surface area (Å²) in [7, 11) is 0. The standard InChI is InChI=1S/C22H21FN2OS/c23-19-8-3-7-17(13-19)22(26)24-14-20(21-9-4-12-27-21)25-11-10-16-5-1-2-6-18(16)15-25/h1-9,12-13,20H,10-11,14-15H2,(H,24,26)/p+1/t20-/m1/s1. The minimum absolute atomic E-state index is 0.191. The molecule has 0 spiro atoms. The second-order valence-electron chi connectivity index (χ2n) is 6.89. The summed E-state index contributed by atoms with van der Waals surface area (Å²) in [5.74, 6) is -0.622. The summed E-state index contributed by atoms with van der Waals surface area (Å²) < 4.78 is 13.4. The van der Waals surface area contributed by atoms with E-state index >= 15 is 0 Å². The number of carbonyl (C=O) groups excluding carboxylic acids is 1. The minimum Gasteiger partial charge on any atom is -0.346 e. The lowest BCUT2D eigenvalue weighted by atomic mass is 9.98. The number of amides is 1. The first-order valence-corrected chi connectivity index (χ1v) is 10.1. The van der Waals surface area contributed by atoms with Crippen molar-refractivity contribution < 1.29 is 14.1 Å². The molecule has 1 aliphatic heterocycles. The van der Waals surface area contributed by atoms with Crippen LogP contribution >= 0.6 is 11.3 Å². The quantitative estimate of drug-likeness (QED) is 0.700. The van der Waals surface area contributed by atoms with Crippen LogP contribution in [0.1, 0.15) is 32.4 Å². The van der Waals surface area contributed by atoms with Gasteiger partial charge in [0.2, 0.25) is 0 Å². The predicted molar refractivity (Wildman–Crippen MR) is 105 cm³/mol. The van der Waals surface area contributed by atoms with Gasteiger partial charge in [0.05, 0.1) is 18.0 Å². The van der Waals surface area contributed by atoms with Gasteiger partial charge in [-0.3, -0.25) is 4.79 Å². The van der Waals surface area contributed by atoms with E-state index in [0.29, 0.717) is 12.1 Å². The Bertz CT molecular complexity index is 926. The number of thiophene rings is 1. The highest BCUT2D eigenvalue weighted by Crippen LogP contribution is 2.19. The number of rotatable bonds is 5. The number of fused-ring (bicyclic) bond motifs is 1. The fourth-order valence-electron chi connectivity index (χ4n) is 3.76. The lowest BCUT2D eigenvalue weighted by molar-refractivity contribution is -0.945. The molecule has 0 bridgehead atoms. The van der Waals surface area contributed by atoms with Crippen molar-refractivity contribution in [3.63, 3.8) is 0 Å². The molecule has 27 heavy (non-hydrogen) atoms. The molecule has 2 atom stereocenters. The highest BCUT2D eigenvalue weighted by Gasteiger charge is 2.29. The number of quaternary nitrogens is 1. The average molecular weight is 381 g/mol. The van der Waals surface area contributed by atoms with Crippen LogP contribution in [-0.2, 0) is 13.0 Å². The second-order valence-corrected chi connectivity index (χ2v) is 7.87. The SMILES string of the molecule is O=C(NC[C@H](c1cccs1)[NH+]1CCc2ccccc2C1)c1cccc(F)c1. The molecule has 3 nitrogen and oxygen atoms in total. The summed E-state index contributed by atoms with van der Waals surface area (Å²) in [6.07, 6.45) is 1.05. The van der Waals surface area contributed by atoms with E-state index in [1.165, 1.54) is 33.0 Å². The zero-order valence-corrected chi connectivity index (χ0v) is 15.8. The van der Waals surface area contributed by atoms with Crippen LogP contribution in [0.4, 0.5) is 4.39 Å². The van der Waals surface area contributed by atoms with Crippen molar-refractivity contribution >= 4 is 17.2 Å². The Morgan fingerprint density at radius 3 is 2.74 bits per heavy atom. The largest absolute Gasteiger partial charge is 0.346 e. The molecule has 1 aromatic heterocycles. The van der Waals surface area contributed by atoms with Crippen molar-refractivity contribution in [2.45, 2.75) is 19.0 Å². The van der Waals surface area contributed by atoms with Crippen LogP contribution in [0.3, 0.4) is 0 Å². The van der Waals surface area contributed by atoms with Gasteiger partial charge in [-0.1, -0.05) is 36.4 Å². The van der Waals surface area contributed by atoms with Gasteiger partial charge in [0, 0.05) is 17.5 Å². The number of carbonyl (C=O) groups is 1. The van der Waals surface area contributed by atoms with E-state index in [-0.39, 0.29) is 11.9 Å². The van der Waals surface area contributed by atoms with Crippen molar-refractivity contribution in [3.05, 3.63) is 93.4 Å². The molecule has 1 amide bonds. The number of hydrogen-bond acceptors (Lipinski definition) is 2. The van der Waals surface area contributed by atoms with E-state index in [1.54, 1.807) is 23.5 Å². The fraction of sp³-hybridized carbons (Fsp3) is 0.227. The number of halogens is 1. The molecule has 3 aromatic rings. The number of hydrogen-bond donors (Lipinski definition) is 2. The van der Waals surface area contributed by atoms with Gasteiger partial charge in [-0.15, -0.1) is 11.3 Å². The van der Waals surface area contributed by atoms with E-state index in [0.717, 1.165) is 19.5 Å². The van der Waals surface area contributed by atoms with Crippen LogP contribution in [0.25, 0.3) is 0 Å². The Morgan fingerprint density at radius 2 is 1.96 bits per heavy atom. The number of benzene rings is 2. The summed E-state index contributed by atoms with van der Waals surface area (Å²) >= 11 is 1.72. The molecule has 0 fully saturated rings. The van der Waals surface area contributed by atoms with Gasteiger partial charge in [0.15, 0.2) is 0 Å². The Morgan fingerprint density at radius 1 is 1.11 bits per heavy atom. The van der Waals surface area contributed by atoms with E-state index in [1.807, 2.05) is 0 Å². The summed E-state index contributed by atoms with van der Waals surface area (Å²) in [5, 5.41) is 5.09. The third-order valence-corrected chi connectivity index (χ3v) is 6.17. The number of nitrogens with one attached hydrogen (secondary N) is 2. The summed E-state index contributed by atoms with van der Waals surface area (Å²) in [6, 6.07) is 18.8. The van der Waals surface area contributed by atoms with Crippen LogP contribution in [0, 0.1) is 5.82 Å². The maximum absolute atomic E-state index is 13.4. The van der Waals surface area contributed by atoms with Crippen molar-refractivity contribution in [2.24, 2.45) is 0 Å². The van der Waals surface area contributed by atoms with E-state index in [9.17, 15) is 9.18 Å². The molecule has 4 rings (SSSR count). The first-order chi connectivity index (χ1) is 13.2. The highest BCUT2D eigenvalue weighted by atomic mass is 32.1. The van der Waals surface area contributed by atoms with Crippen molar-refractivity contribution in [2.75, 3.05) is 13.1 Å². The molecular formula is C22H22FN2OS+. The lowest BCUT2D eigenvalue weighted by Crippen LogP contribution is -3.12. The van der Waals surface area contributed by atoms with Crippen LogP contribution in [0.15, 0.2) is 66.0 Å². The summed E-state index contributed by atoms with van der Waals surface area (Å²) in [6.45, 7) is 2.53. The van der Waals surface area contributed by atoms with Crippen LogP contribution < -0.4 is 10.2 Å². The van der Waals surface area contributed by atoms with Crippen molar-refractivity contribution in [3.8, 4) is 0 Å². The average Bonchev–Trinajstić information content (AvgIpc) is 3.22. The first kappa shape index (κ1) is 17.9. The minimum atomic E-state index is -0.393. The normalized spacial score (nSPS) is 17.1. The van der Waals surface area contributed by atoms with Gasteiger partial charge in [-0.25, -0.2) is 4.39 Å². The van der Waals surface area contributed by atoms with Crippen LogP contribution in [0.5, 0.6) is 0 Å². The first-order valence-electron chi connectivity index (χ1n) is 9.19.